The van der Waals surface area contributed by atoms with Crippen molar-refractivity contribution in [3.63, 3.8) is 0 Å². The van der Waals surface area contributed by atoms with E-state index in [1.54, 1.807) is 4.90 Å². The van der Waals surface area contributed by atoms with E-state index in [0.717, 1.165) is 22.0 Å². The number of hydrogen-bond acceptors (Lipinski definition) is 4. The Bertz CT molecular complexity index is 783. The molecule has 1 fully saturated rings. The van der Waals surface area contributed by atoms with Crippen molar-refractivity contribution in [1.82, 2.24) is 4.90 Å². The Morgan fingerprint density at radius 1 is 1.18 bits per heavy atom. The summed E-state index contributed by atoms with van der Waals surface area (Å²) >= 11 is 3.45. The smallest absolute Gasteiger partial charge is 0.411 e. The van der Waals surface area contributed by atoms with Crippen LogP contribution in [-0.4, -0.2) is 40.5 Å². The monoisotopic (exact) mass is 447 g/mol. The van der Waals surface area contributed by atoms with Gasteiger partial charge in [-0.2, -0.15) is 0 Å². The van der Waals surface area contributed by atoms with E-state index in [2.05, 4.69) is 22.9 Å². The number of benzene rings is 2. The Hall–Kier alpha value is -1.89. The van der Waals surface area contributed by atoms with E-state index in [-0.39, 0.29) is 19.1 Å². The van der Waals surface area contributed by atoms with Gasteiger partial charge in [0.15, 0.2) is 0 Å². The molecule has 28 heavy (non-hydrogen) atoms. The summed E-state index contributed by atoms with van der Waals surface area (Å²) in [5.74, 6) is 0. The maximum Gasteiger partial charge on any atom is 0.411 e. The predicted molar refractivity (Wildman–Crippen MR) is 111 cm³/mol. The van der Waals surface area contributed by atoms with Gasteiger partial charge in [0.05, 0.1) is 18.8 Å². The van der Waals surface area contributed by atoms with Crippen molar-refractivity contribution in [3.05, 3.63) is 70.2 Å². The lowest BCUT2D eigenvalue weighted by Crippen LogP contribution is -2.50. The van der Waals surface area contributed by atoms with Gasteiger partial charge in [-0.15, -0.1) is 0 Å². The third-order valence-corrected chi connectivity index (χ3v) is 5.90. The Morgan fingerprint density at radius 3 is 2.43 bits per heavy atom. The largest absolute Gasteiger partial charge is 0.438 e. The SMILES string of the molecule is CC[C@@H](c1ccc(Br)cc1)N1CC[C@](CC(O)CO)(c2ccccc2)OC1=O. The van der Waals surface area contributed by atoms with Crippen LogP contribution in [0.2, 0.25) is 0 Å². The van der Waals surface area contributed by atoms with Gasteiger partial charge < -0.3 is 19.8 Å². The Labute approximate surface area is 174 Å². The molecular weight excluding hydrogens is 422 g/mol. The molecular formula is C22H26BrNO4. The minimum absolute atomic E-state index is 0.0721. The van der Waals surface area contributed by atoms with Crippen LogP contribution in [0.5, 0.6) is 0 Å². The lowest BCUT2D eigenvalue weighted by molar-refractivity contribution is -0.0905. The molecule has 1 heterocycles. The molecule has 0 saturated carbocycles. The summed E-state index contributed by atoms with van der Waals surface area (Å²) < 4.78 is 6.97. The van der Waals surface area contributed by atoms with Gasteiger partial charge >= 0.3 is 6.09 Å². The molecule has 1 aliphatic rings. The molecule has 150 valence electrons. The number of ether oxygens (including phenoxy) is 1. The fraction of sp³-hybridized carbons (Fsp3) is 0.409. The third-order valence-electron chi connectivity index (χ3n) is 5.37. The van der Waals surface area contributed by atoms with Crippen LogP contribution in [0.15, 0.2) is 59.1 Å². The molecule has 2 N–H and O–H groups in total. The topological polar surface area (TPSA) is 70.0 Å². The van der Waals surface area contributed by atoms with Crippen molar-refractivity contribution in [3.8, 4) is 0 Å². The molecule has 0 spiro atoms. The van der Waals surface area contributed by atoms with Crippen molar-refractivity contribution in [2.45, 2.75) is 43.9 Å². The summed E-state index contributed by atoms with van der Waals surface area (Å²) in [6.45, 7) is 2.20. The van der Waals surface area contributed by atoms with E-state index in [4.69, 9.17) is 4.74 Å². The summed E-state index contributed by atoms with van der Waals surface area (Å²) in [5.41, 5.74) is 0.965. The second-order valence-electron chi connectivity index (χ2n) is 7.19. The highest BCUT2D eigenvalue weighted by Gasteiger charge is 2.45. The van der Waals surface area contributed by atoms with Crippen molar-refractivity contribution in [2.24, 2.45) is 0 Å². The predicted octanol–water partition coefficient (Wildman–Crippen LogP) is 4.38. The number of aliphatic hydroxyl groups is 2. The van der Waals surface area contributed by atoms with Crippen molar-refractivity contribution < 1.29 is 19.7 Å². The molecule has 0 aliphatic carbocycles. The molecule has 0 bridgehead atoms. The molecule has 3 atom stereocenters. The fourth-order valence-corrected chi connectivity index (χ4v) is 4.19. The van der Waals surface area contributed by atoms with Crippen LogP contribution in [0.3, 0.4) is 0 Å². The summed E-state index contributed by atoms with van der Waals surface area (Å²) in [7, 11) is 0. The molecule has 1 amide bonds. The molecule has 1 aliphatic heterocycles. The zero-order valence-electron chi connectivity index (χ0n) is 15.9. The lowest BCUT2D eigenvalue weighted by Gasteiger charge is -2.44. The zero-order chi connectivity index (χ0) is 20.1. The van der Waals surface area contributed by atoms with E-state index < -0.39 is 17.8 Å². The highest BCUT2D eigenvalue weighted by molar-refractivity contribution is 9.10. The lowest BCUT2D eigenvalue weighted by atomic mass is 9.83. The number of rotatable bonds is 7. The zero-order valence-corrected chi connectivity index (χ0v) is 17.5. The summed E-state index contributed by atoms with van der Waals surface area (Å²) in [6.07, 6.45) is 0.145. The van der Waals surface area contributed by atoms with Gasteiger partial charge in [0.25, 0.3) is 0 Å². The quantitative estimate of drug-likeness (QED) is 0.660. The highest BCUT2D eigenvalue weighted by Crippen LogP contribution is 2.41. The number of aliphatic hydroxyl groups excluding tert-OH is 2. The first-order valence-corrected chi connectivity index (χ1v) is 10.4. The number of cyclic esters (lactones) is 1. The molecule has 1 saturated heterocycles. The number of carbonyl (C=O) groups excluding carboxylic acids is 1. The van der Waals surface area contributed by atoms with E-state index in [1.807, 2.05) is 54.6 Å². The van der Waals surface area contributed by atoms with E-state index in [1.165, 1.54) is 0 Å². The van der Waals surface area contributed by atoms with Gasteiger partial charge in [0.2, 0.25) is 0 Å². The van der Waals surface area contributed by atoms with Crippen LogP contribution in [0.1, 0.15) is 43.4 Å². The normalized spacial score (nSPS) is 21.9. The van der Waals surface area contributed by atoms with Crippen LogP contribution in [0.25, 0.3) is 0 Å². The highest BCUT2D eigenvalue weighted by atomic mass is 79.9. The van der Waals surface area contributed by atoms with E-state index in [9.17, 15) is 15.0 Å². The first-order valence-electron chi connectivity index (χ1n) is 9.58. The van der Waals surface area contributed by atoms with Crippen molar-refractivity contribution in [2.75, 3.05) is 13.2 Å². The van der Waals surface area contributed by atoms with Gasteiger partial charge in [-0.3, -0.25) is 0 Å². The summed E-state index contributed by atoms with van der Waals surface area (Å²) in [5, 5.41) is 19.4. The van der Waals surface area contributed by atoms with Gasteiger partial charge in [-0.1, -0.05) is 65.3 Å². The van der Waals surface area contributed by atoms with Crippen molar-refractivity contribution >= 4 is 22.0 Å². The number of halogens is 1. The van der Waals surface area contributed by atoms with Crippen LogP contribution in [-0.2, 0) is 10.3 Å². The molecule has 2 aromatic carbocycles. The number of hydrogen-bond donors (Lipinski definition) is 2. The second-order valence-corrected chi connectivity index (χ2v) is 8.10. The molecule has 5 nitrogen and oxygen atoms in total. The van der Waals surface area contributed by atoms with E-state index in [0.29, 0.717) is 13.0 Å². The van der Waals surface area contributed by atoms with Crippen LogP contribution in [0.4, 0.5) is 4.79 Å². The minimum atomic E-state index is -0.951. The van der Waals surface area contributed by atoms with Gasteiger partial charge in [-0.25, -0.2) is 4.79 Å². The van der Waals surface area contributed by atoms with Crippen LogP contribution in [0, 0.1) is 0 Å². The standard InChI is InChI=1S/C22H26BrNO4/c1-2-20(16-8-10-18(23)11-9-16)24-13-12-22(28-21(24)27,14-19(26)15-25)17-6-4-3-5-7-17/h3-11,19-20,25-26H,2,12-15H2,1H3/t19?,20-,22-/m0/s1. The first-order chi connectivity index (χ1) is 13.5. The maximum atomic E-state index is 13.0. The van der Waals surface area contributed by atoms with Crippen LogP contribution >= 0.6 is 15.9 Å². The Balaban J connectivity index is 1.86. The Kier molecular flexibility index (Phi) is 6.75. The number of nitrogens with zero attached hydrogens (tertiary/aromatic N) is 1. The van der Waals surface area contributed by atoms with Crippen molar-refractivity contribution in [1.29, 1.82) is 0 Å². The number of amides is 1. The molecule has 3 rings (SSSR count). The molecule has 0 radical (unpaired) electrons. The van der Waals surface area contributed by atoms with Gasteiger partial charge in [-0.05, 0) is 29.7 Å². The first kappa shape index (κ1) is 20.8. The summed E-state index contributed by atoms with van der Waals surface area (Å²) in [6, 6.07) is 17.4. The average Bonchev–Trinajstić information content (AvgIpc) is 2.72. The molecule has 1 unspecified atom stereocenters. The second kappa shape index (κ2) is 9.07. The fourth-order valence-electron chi connectivity index (χ4n) is 3.93. The summed E-state index contributed by atoms with van der Waals surface area (Å²) in [4.78, 5) is 14.8. The van der Waals surface area contributed by atoms with Gasteiger partial charge in [0.1, 0.15) is 5.60 Å². The van der Waals surface area contributed by atoms with E-state index >= 15 is 0 Å². The minimum Gasteiger partial charge on any atom is -0.438 e. The maximum absolute atomic E-state index is 13.0. The number of carbonyl (C=O) groups is 1. The Morgan fingerprint density at radius 2 is 1.86 bits per heavy atom. The van der Waals surface area contributed by atoms with Crippen LogP contribution < -0.4 is 0 Å². The molecule has 2 aromatic rings. The molecule has 6 heteroatoms. The molecule has 0 aromatic heterocycles. The average molecular weight is 448 g/mol. The van der Waals surface area contributed by atoms with Gasteiger partial charge in [0, 0.05) is 23.9 Å². The third kappa shape index (κ3) is 4.40.